The van der Waals surface area contributed by atoms with Gasteiger partial charge in [0.15, 0.2) is 0 Å². The Morgan fingerprint density at radius 3 is 1.11 bits per heavy atom. The number of unbranched alkanes of at least 4 members (excludes halogenated alkanes) is 2. The molecule has 3 aromatic heterocycles. The number of carbonyl (C=O) groups is 8. The van der Waals surface area contributed by atoms with E-state index in [4.69, 9.17) is 17.2 Å². The van der Waals surface area contributed by atoms with Crippen LogP contribution in [0.3, 0.4) is 0 Å². The minimum atomic E-state index is -1.64. The van der Waals surface area contributed by atoms with Gasteiger partial charge in [-0.3, -0.25) is 33.6 Å². The van der Waals surface area contributed by atoms with Crippen LogP contribution in [0.5, 0.6) is 0 Å². The second-order valence-electron chi connectivity index (χ2n) is 22.1. The van der Waals surface area contributed by atoms with E-state index in [0.717, 1.165) is 38.3 Å². The Balaban J connectivity index is 1.31. The molecule has 0 aliphatic rings. The Morgan fingerprint density at radius 2 is 0.747 bits per heavy atom. The topological polar surface area (TPSA) is 387 Å². The summed E-state index contributed by atoms with van der Waals surface area (Å²) in [4.78, 5) is 123. The molecule has 18 N–H and O–H groups in total. The summed E-state index contributed by atoms with van der Waals surface area (Å²) in [5.41, 5.74) is 22.2. The van der Waals surface area contributed by atoms with E-state index in [0.29, 0.717) is 49.8 Å². The van der Waals surface area contributed by atoms with Crippen molar-refractivity contribution in [3.8, 4) is 0 Å². The smallest absolute Gasteiger partial charge is 0.328 e. The molecule has 0 radical (unpaired) electrons. The second kappa shape index (κ2) is 31.4. The third kappa shape index (κ3) is 18.4. The molecule has 3 heterocycles. The zero-order chi connectivity index (χ0) is 60.2. The fourth-order valence-corrected chi connectivity index (χ4v) is 10.1. The second-order valence-corrected chi connectivity index (χ2v) is 22.1. The summed E-state index contributed by atoms with van der Waals surface area (Å²) in [5, 5.41) is 40.9. The predicted molar refractivity (Wildman–Crippen MR) is 317 cm³/mol. The van der Waals surface area contributed by atoms with Crippen LogP contribution in [0.15, 0.2) is 91.4 Å². The highest BCUT2D eigenvalue weighted by Gasteiger charge is 2.36. The Morgan fingerprint density at radius 1 is 0.434 bits per heavy atom. The van der Waals surface area contributed by atoms with Crippen molar-refractivity contribution in [2.24, 2.45) is 29.0 Å². The molecular formula is C60H83N13O10. The monoisotopic (exact) mass is 1150 g/mol. The lowest BCUT2D eigenvalue weighted by atomic mass is 9.98. The summed E-state index contributed by atoms with van der Waals surface area (Å²) in [5.74, 6) is -6.95. The number of para-hydroxylation sites is 3. The number of nitrogens with two attached hydrogens (primary N) is 3. The van der Waals surface area contributed by atoms with Crippen LogP contribution in [0.4, 0.5) is 0 Å². The molecule has 23 nitrogen and oxygen atoms in total. The molecule has 6 aromatic rings. The van der Waals surface area contributed by atoms with Gasteiger partial charge in [-0.25, -0.2) is 4.79 Å². The molecule has 7 amide bonds. The molecule has 3 aromatic carbocycles. The lowest BCUT2D eigenvalue weighted by Gasteiger charge is -2.29. The van der Waals surface area contributed by atoms with E-state index in [1.54, 1.807) is 18.6 Å². The minimum absolute atomic E-state index is 0.0268. The summed E-state index contributed by atoms with van der Waals surface area (Å²) in [7, 11) is 0. The van der Waals surface area contributed by atoms with Gasteiger partial charge < -0.3 is 79.6 Å². The number of H-pyrrole nitrogens is 3. The van der Waals surface area contributed by atoms with Crippen LogP contribution in [0.1, 0.15) is 95.8 Å². The fourth-order valence-electron chi connectivity index (χ4n) is 10.1. The van der Waals surface area contributed by atoms with Gasteiger partial charge in [0.25, 0.3) is 0 Å². The molecule has 448 valence electrons. The zero-order valence-electron chi connectivity index (χ0n) is 47.7. The first-order valence-corrected chi connectivity index (χ1v) is 28.6. The van der Waals surface area contributed by atoms with E-state index in [9.17, 15) is 43.8 Å². The molecule has 0 fully saturated rings. The molecule has 0 unspecified atom stereocenters. The van der Waals surface area contributed by atoms with E-state index in [1.807, 2.05) is 100 Å². The summed E-state index contributed by atoms with van der Waals surface area (Å²) < 4.78 is 0. The van der Waals surface area contributed by atoms with Crippen LogP contribution < -0.4 is 54.4 Å². The minimum Gasteiger partial charge on any atom is -0.480 e. The first-order valence-electron chi connectivity index (χ1n) is 28.6. The number of carboxylic acids is 1. The molecular weight excluding hydrogens is 1060 g/mol. The number of carbonyl (C=O) groups excluding carboxylic acids is 7. The third-order valence-corrected chi connectivity index (χ3v) is 14.6. The molecule has 0 saturated carbocycles. The lowest BCUT2D eigenvalue weighted by Crippen LogP contribution is -2.61. The Labute approximate surface area is 482 Å². The number of fused-ring (bicyclic) bond motifs is 3. The maximum atomic E-state index is 15.1. The molecule has 6 rings (SSSR count). The van der Waals surface area contributed by atoms with Crippen LogP contribution in [-0.2, 0) is 57.6 Å². The summed E-state index contributed by atoms with van der Waals surface area (Å²) in [6.45, 7) is 7.19. The SMILES string of the molecule is CC(C)C[C@H](NC(=O)[C@H](Cc1c[nH]c2ccccc12)NC(=O)[C@H](CC(C)C)NC(=O)[C@H](Cc1c[nH]c2ccccc12)NC(=O)[C@H](Cc1c[nH]c2ccccc12)NC(=O)[C@@H](N)CCCCN)C(=O)N[C@@H](CCCCN)C(=O)N[C@@H](CO)C(=O)O. The number of aromatic amines is 3. The number of hydrogen-bond acceptors (Lipinski definition) is 12. The zero-order valence-corrected chi connectivity index (χ0v) is 47.7. The van der Waals surface area contributed by atoms with Gasteiger partial charge in [-0.05, 0) is 105 Å². The van der Waals surface area contributed by atoms with E-state index in [1.165, 1.54) is 0 Å². The normalized spacial score (nSPS) is 14.5. The maximum absolute atomic E-state index is 15.1. The van der Waals surface area contributed by atoms with Crippen LogP contribution in [0.2, 0.25) is 0 Å². The summed E-state index contributed by atoms with van der Waals surface area (Å²) in [6, 6.07) is 12.0. The van der Waals surface area contributed by atoms with Crippen LogP contribution in [0.25, 0.3) is 32.7 Å². The number of nitrogens with one attached hydrogen (secondary N) is 10. The van der Waals surface area contributed by atoms with E-state index in [-0.39, 0.29) is 56.9 Å². The summed E-state index contributed by atoms with van der Waals surface area (Å²) in [6.07, 6.45) is 7.79. The number of hydrogen-bond donors (Lipinski definition) is 15. The van der Waals surface area contributed by atoms with Gasteiger partial charge >= 0.3 is 5.97 Å². The van der Waals surface area contributed by atoms with E-state index >= 15 is 4.79 Å². The van der Waals surface area contributed by atoms with Gasteiger partial charge in [0.1, 0.15) is 42.3 Å². The average molecular weight is 1150 g/mol. The number of aliphatic carboxylic acids is 1. The summed E-state index contributed by atoms with van der Waals surface area (Å²) >= 11 is 0. The van der Waals surface area contributed by atoms with Crippen molar-refractivity contribution in [2.75, 3.05) is 19.7 Å². The number of aromatic nitrogens is 3. The van der Waals surface area contributed by atoms with Crippen molar-refractivity contribution in [1.82, 2.24) is 52.2 Å². The number of rotatable bonds is 34. The van der Waals surface area contributed by atoms with Gasteiger partial charge in [0.2, 0.25) is 41.4 Å². The fraction of sp³-hybridized carbons (Fsp3) is 0.467. The first kappa shape index (κ1) is 64.1. The lowest BCUT2D eigenvalue weighted by molar-refractivity contribution is -0.143. The number of benzene rings is 3. The number of aliphatic hydroxyl groups is 1. The highest BCUT2D eigenvalue weighted by molar-refractivity contribution is 5.99. The molecule has 0 aliphatic carbocycles. The standard InChI is InChI=1S/C60H83N13O10/c1-34(2)25-47(55(77)67-46(22-12-14-24-62)54(76)73-52(33-74)60(82)83)69-58(80)50(28-37-31-65-44-20-9-6-16-40(37)44)71-56(78)48(26-35(3)4)70-59(81)51(29-38-32-66-45-21-10-7-17-41(38)45)72-57(79)49(68-53(75)42(63)18-11-13-23-61)27-36-30-64-43-19-8-5-15-39(36)43/h5-10,15-17,19-21,30-32,34-35,42,46-52,64-66,74H,11-14,18,22-29,33,61-63H2,1-4H3,(H,67,77)(H,68,75)(H,69,80)(H,70,81)(H,71,78)(H,72,79)(H,73,76)(H,82,83)/t42-,46-,47-,48-,49-,50-,51-,52-/m0/s1. The van der Waals surface area contributed by atoms with Crippen molar-refractivity contribution in [3.63, 3.8) is 0 Å². The van der Waals surface area contributed by atoms with Gasteiger partial charge in [-0.2, -0.15) is 0 Å². The van der Waals surface area contributed by atoms with Crippen molar-refractivity contribution < 1.29 is 48.6 Å². The van der Waals surface area contributed by atoms with Gasteiger partial charge in [0, 0.05) is 70.6 Å². The maximum Gasteiger partial charge on any atom is 0.328 e. The first-order chi connectivity index (χ1) is 39.8. The molecule has 0 spiro atoms. The van der Waals surface area contributed by atoms with Gasteiger partial charge in [0.05, 0.1) is 12.6 Å². The van der Waals surface area contributed by atoms with Crippen molar-refractivity contribution >= 4 is 80.0 Å². The molecule has 83 heavy (non-hydrogen) atoms. The Kier molecular flexibility index (Phi) is 24.2. The van der Waals surface area contributed by atoms with Crippen LogP contribution in [-0.4, -0.2) is 141 Å². The molecule has 0 bridgehead atoms. The molecule has 23 heteroatoms. The number of carboxylic acid groups (broad SMARTS) is 1. The van der Waals surface area contributed by atoms with Crippen molar-refractivity contribution in [3.05, 3.63) is 108 Å². The van der Waals surface area contributed by atoms with Crippen molar-refractivity contribution in [1.29, 1.82) is 0 Å². The Hall–Kier alpha value is -8.12. The molecule has 0 saturated heterocycles. The van der Waals surface area contributed by atoms with E-state index < -0.39 is 102 Å². The van der Waals surface area contributed by atoms with Gasteiger partial charge in [-0.15, -0.1) is 0 Å². The number of aliphatic hydroxyl groups excluding tert-OH is 1. The quantitative estimate of drug-likeness (QED) is 0.0258. The van der Waals surface area contributed by atoms with Crippen LogP contribution >= 0.6 is 0 Å². The van der Waals surface area contributed by atoms with Crippen molar-refractivity contribution in [2.45, 2.75) is 147 Å². The third-order valence-electron chi connectivity index (χ3n) is 14.6. The van der Waals surface area contributed by atoms with Crippen LogP contribution in [0, 0.1) is 11.8 Å². The molecule has 0 aliphatic heterocycles. The molecule has 8 atom stereocenters. The number of amides is 7. The van der Waals surface area contributed by atoms with Gasteiger partial charge in [-0.1, -0.05) is 88.7 Å². The largest absolute Gasteiger partial charge is 0.480 e. The highest BCUT2D eigenvalue weighted by Crippen LogP contribution is 2.23. The van der Waals surface area contributed by atoms with E-state index in [2.05, 4.69) is 52.2 Å². The average Bonchev–Trinajstić information content (AvgIpc) is 4.43. The highest BCUT2D eigenvalue weighted by atomic mass is 16.4. The Bertz CT molecular complexity index is 3150. The predicted octanol–water partition coefficient (Wildman–Crippen LogP) is 2.31.